The van der Waals surface area contributed by atoms with Gasteiger partial charge in [0.05, 0.1) is 16.8 Å². The van der Waals surface area contributed by atoms with Gasteiger partial charge in [-0.05, 0) is 37.3 Å². The first-order chi connectivity index (χ1) is 14.6. The maximum Gasteiger partial charge on any atom is 0.418 e. The third kappa shape index (κ3) is 5.64. The van der Waals surface area contributed by atoms with Crippen molar-refractivity contribution in [1.82, 2.24) is 0 Å². The van der Waals surface area contributed by atoms with Gasteiger partial charge in [0.2, 0.25) is 6.10 Å². The number of amides is 1. The van der Waals surface area contributed by atoms with E-state index in [0.717, 1.165) is 11.6 Å². The van der Waals surface area contributed by atoms with Gasteiger partial charge in [-0.25, -0.2) is 4.79 Å². The maximum absolute atomic E-state index is 13.4. The summed E-state index contributed by atoms with van der Waals surface area (Å²) in [6.07, 6.45) is -6.21. The zero-order chi connectivity index (χ0) is 22.6. The summed E-state index contributed by atoms with van der Waals surface area (Å²) in [5, 5.41) is 2.09. The first-order valence-corrected chi connectivity index (χ1v) is 9.53. The van der Waals surface area contributed by atoms with Gasteiger partial charge in [-0.2, -0.15) is 13.2 Å². The normalized spacial score (nSPS) is 12.2. The molecule has 3 aromatic rings. The molecule has 0 spiro atoms. The lowest BCUT2D eigenvalue weighted by Crippen LogP contribution is -2.27. The van der Waals surface area contributed by atoms with Crippen molar-refractivity contribution >= 4 is 29.2 Å². The number of ether oxygens (including phenoxy) is 1. The van der Waals surface area contributed by atoms with Crippen LogP contribution in [0.1, 0.15) is 33.2 Å². The molecule has 0 saturated heterocycles. The van der Waals surface area contributed by atoms with Crippen LogP contribution in [0.25, 0.3) is 0 Å². The van der Waals surface area contributed by atoms with Crippen molar-refractivity contribution < 1.29 is 27.5 Å². The van der Waals surface area contributed by atoms with Crippen LogP contribution in [0.3, 0.4) is 0 Å². The molecule has 1 atom stereocenters. The average Bonchev–Trinajstić information content (AvgIpc) is 2.73. The zero-order valence-corrected chi connectivity index (χ0v) is 17.0. The van der Waals surface area contributed by atoms with E-state index in [4.69, 9.17) is 16.3 Å². The van der Waals surface area contributed by atoms with Crippen molar-refractivity contribution in [2.45, 2.75) is 19.2 Å². The number of rotatable bonds is 5. The highest BCUT2D eigenvalue weighted by Crippen LogP contribution is 2.37. The molecule has 8 heteroatoms. The number of hydrogen-bond donors (Lipinski definition) is 1. The molecular formula is C23H17ClF3NO3. The molecule has 3 aromatic carbocycles. The average molecular weight is 448 g/mol. The summed E-state index contributed by atoms with van der Waals surface area (Å²) in [6, 6.07) is 17.5. The van der Waals surface area contributed by atoms with Crippen LogP contribution in [-0.2, 0) is 15.7 Å². The van der Waals surface area contributed by atoms with Crippen molar-refractivity contribution in [2.24, 2.45) is 0 Å². The Morgan fingerprint density at radius 1 is 0.968 bits per heavy atom. The first kappa shape index (κ1) is 22.4. The van der Waals surface area contributed by atoms with E-state index in [1.165, 1.54) is 6.07 Å². The Morgan fingerprint density at radius 3 is 2.23 bits per heavy atom. The smallest absolute Gasteiger partial charge is 0.418 e. The fourth-order valence-corrected chi connectivity index (χ4v) is 3.00. The summed E-state index contributed by atoms with van der Waals surface area (Å²) >= 11 is 5.68. The largest absolute Gasteiger partial charge is 0.444 e. The van der Waals surface area contributed by atoms with E-state index in [0.29, 0.717) is 11.6 Å². The molecule has 0 aliphatic rings. The second-order valence-corrected chi connectivity index (χ2v) is 7.18. The number of hydrogen-bond acceptors (Lipinski definition) is 3. The summed E-state index contributed by atoms with van der Waals surface area (Å²) in [7, 11) is 0. The van der Waals surface area contributed by atoms with Gasteiger partial charge >= 0.3 is 12.1 Å². The van der Waals surface area contributed by atoms with Gasteiger partial charge < -0.3 is 10.1 Å². The van der Waals surface area contributed by atoms with Crippen molar-refractivity contribution in [3.8, 4) is 0 Å². The number of anilines is 1. The molecule has 1 amide bonds. The Bertz CT molecular complexity index is 1080. The molecule has 31 heavy (non-hydrogen) atoms. The van der Waals surface area contributed by atoms with E-state index in [9.17, 15) is 22.8 Å². The van der Waals surface area contributed by atoms with Crippen LogP contribution in [0, 0.1) is 6.92 Å². The third-order valence-corrected chi connectivity index (χ3v) is 4.63. The van der Waals surface area contributed by atoms with Gasteiger partial charge in [-0.3, -0.25) is 4.79 Å². The summed E-state index contributed by atoms with van der Waals surface area (Å²) in [4.78, 5) is 25.5. The molecule has 0 unspecified atom stereocenters. The lowest BCUT2D eigenvalue weighted by molar-refractivity contribution is -0.137. The van der Waals surface area contributed by atoms with E-state index in [2.05, 4.69) is 5.32 Å². The minimum Gasteiger partial charge on any atom is -0.444 e. The molecule has 0 aliphatic carbocycles. The van der Waals surface area contributed by atoms with Gasteiger partial charge in [0, 0.05) is 10.6 Å². The molecule has 0 radical (unpaired) electrons. The number of alkyl halides is 3. The van der Waals surface area contributed by atoms with Crippen LogP contribution in [-0.4, -0.2) is 11.9 Å². The van der Waals surface area contributed by atoms with Crippen LogP contribution < -0.4 is 5.32 Å². The number of nitrogens with one attached hydrogen (secondary N) is 1. The Hall–Kier alpha value is -3.32. The highest BCUT2D eigenvalue weighted by molar-refractivity contribution is 6.30. The van der Waals surface area contributed by atoms with Crippen LogP contribution in [0.4, 0.5) is 18.9 Å². The van der Waals surface area contributed by atoms with Crippen LogP contribution in [0.2, 0.25) is 5.02 Å². The number of esters is 1. The highest BCUT2D eigenvalue weighted by Gasteiger charge is 2.35. The summed E-state index contributed by atoms with van der Waals surface area (Å²) in [6.45, 7) is 1.85. The van der Waals surface area contributed by atoms with Crippen LogP contribution in [0.15, 0.2) is 72.8 Å². The topological polar surface area (TPSA) is 55.4 Å². The van der Waals surface area contributed by atoms with E-state index in [-0.39, 0.29) is 10.6 Å². The second kappa shape index (κ2) is 9.22. The van der Waals surface area contributed by atoms with Gasteiger partial charge in [-0.1, -0.05) is 59.6 Å². The Balaban J connectivity index is 1.91. The number of carbonyl (C=O) groups is 2. The molecule has 0 aromatic heterocycles. The fourth-order valence-electron chi connectivity index (χ4n) is 2.82. The minimum atomic E-state index is -4.74. The van der Waals surface area contributed by atoms with Gasteiger partial charge in [0.1, 0.15) is 0 Å². The van der Waals surface area contributed by atoms with Crippen molar-refractivity contribution in [2.75, 3.05) is 5.32 Å². The first-order valence-electron chi connectivity index (χ1n) is 9.15. The Morgan fingerprint density at radius 2 is 1.61 bits per heavy atom. The molecule has 0 bridgehead atoms. The summed E-state index contributed by atoms with van der Waals surface area (Å²) < 4.78 is 45.5. The highest BCUT2D eigenvalue weighted by atomic mass is 35.5. The van der Waals surface area contributed by atoms with Gasteiger partial charge in [0.15, 0.2) is 0 Å². The van der Waals surface area contributed by atoms with Gasteiger partial charge in [0.25, 0.3) is 5.91 Å². The number of benzene rings is 3. The number of carbonyl (C=O) groups excluding carboxylic acids is 2. The maximum atomic E-state index is 13.4. The Kier molecular flexibility index (Phi) is 6.65. The summed E-state index contributed by atoms with van der Waals surface area (Å²) in [5.74, 6) is -1.71. The van der Waals surface area contributed by atoms with E-state index >= 15 is 0 Å². The van der Waals surface area contributed by atoms with E-state index < -0.39 is 35.4 Å². The molecule has 0 saturated carbocycles. The van der Waals surface area contributed by atoms with Crippen LogP contribution >= 0.6 is 11.6 Å². The lowest BCUT2D eigenvalue weighted by atomic mass is 10.1. The molecule has 1 N–H and O–H groups in total. The van der Waals surface area contributed by atoms with Crippen molar-refractivity contribution in [3.63, 3.8) is 0 Å². The molecule has 3 rings (SSSR count). The molecule has 0 heterocycles. The molecule has 160 valence electrons. The number of halogens is 4. The second-order valence-electron chi connectivity index (χ2n) is 6.74. The van der Waals surface area contributed by atoms with Crippen LogP contribution in [0.5, 0.6) is 0 Å². The van der Waals surface area contributed by atoms with E-state index in [1.807, 2.05) is 6.92 Å². The monoisotopic (exact) mass is 447 g/mol. The number of aryl methyl sites for hydroxylation is 1. The minimum absolute atomic E-state index is 0.129. The van der Waals surface area contributed by atoms with Crippen molar-refractivity contribution in [1.29, 1.82) is 0 Å². The molecule has 0 aliphatic heterocycles. The van der Waals surface area contributed by atoms with Gasteiger partial charge in [-0.15, -0.1) is 0 Å². The van der Waals surface area contributed by atoms with Crippen molar-refractivity contribution in [3.05, 3.63) is 100 Å². The predicted octanol–water partition coefficient (Wildman–Crippen LogP) is 6.20. The SMILES string of the molecule is Cc1ccc(C(=O)O[C@H](C(=O)Nc2ccc(Cl)cc2C(F)(F)F)c2ccccc2)cc1. The standard InChI is InChI=1S/C23H17ClF3NO3/c1-14-7-9-16(10-8-14)22(30)31-20(15-5-3-2-4-6-15)21(29)28-19-12-11-17(24)13-18(19)23(25,26)27/h2-13,20H,1H3,(H,28,29)/t20-/m0/s1. The lowest BCUT2D eigenvalue weighted by Gasteiger charge is -2.20. The molecular weight excluding hydrogens is 431 g/mol. The summed E-state index contributed by atoms with van der Waals surface area (Å²) in [5.41, 5.74) is -0.152. The molecule has 0 fully saturated rings. The fraction of sp³-hybridized carbons (Fsp3) is 0.130. The van der Waals surface area contributed by atoms with E-state index in [1.54, 1.807) is 54.6 Å². The zero-order valence-electron chi connectivity index (χ0n) is 16.2. The Labute approximate surface area is 181 Å². The third-order valence-electron chi connectivity index (χ3n) is 4.40. The molecule has 4 nitrogen and oxygen atoms in total. The predicted molar refractivity (Wildman–Crippen MR) is 111 cm³/mol. The quantitative estimate of drug-likeness (QED) is 0.473.